The van der Waals surface area contributed by atoms with Gasteiger partial charge in [0.15, 0.2) is 5.82 Å². The second-order valence-corrected chi connectivity index (χ2v) is 7.55. The average molecular weight is 394 g/mol. The minimum absolute atomic E-state index is 0. The molecular formula is C13H18BrClN4OS. The van der Waals surface area contributed by atoms with E-state index in [-0.39, 0.29) is 24.4 Å². The van der Waals surface area contributed by atoms with Crippen LogP contribution in [0.2, 0.25) is 0 Å². The first-order valence-electron chi connectivity index (χ1n) is 6.65. The fourth-order valence-corrected chi connectivity index (χ4v) is 3.80. The summed E-state index contributed by atoms with van der Waals surface area (Å²) in [4.78, 5) is 8.09. The molecule has 3 heterocycles. The molecule has 1 N–H and O–H groups in total. The van der Waals surface area contributed by atoms with Crippen molar-refractivity contribution in [3.8, 4) is 0 Å². The predicted molar refractivity (Wildman–Crippen MR) is 89.3 cm³/mol. The van der Waals surface area contributed by atoms with Gasteiger partial charge in [-0.15, -0.1) is 23.7 Å². The molecule has 2 aromatic rings. The van der Waals surface area contributed by atoms with Crippen molar-refractivity contribution in [2.24, 2.45) is 0 Å². The Morgan fingerprint density at radius 1 is 1.52 bits per heavy atom. The Hall–Kier alpha value is -0.470. The summed E-state index contributed by atoms with van der Waals surface area (Å²) in [5, 5.41) is 7.54. The van der Waals surface area contributed by atoms with E-state index in [1.807, 2.05) is 6.07 Å². The third-order valence-electron chi connectivity index (χ3n) is 3.66. The summed E-state index contributed by atoms with van der Waals surface area (Å²) in [6.07, 6.45) is 0. The molecule has 1 saturated heterocycles. The number of rotatable bonds is 3. The molecule has 0 bridgehead atoms. The fraction of sp³-hybridized carbons (Fsp3) is 0.538. The van der Waals surface area contributed by atoms with Gasteiger partial charge >= 0.3 is 0 Å². The van der Waals surface area contributed by atoms with Gasteiger partial charge in [-0.2, -0.15) is 4.98 Å². The Balaban J connectivity index is 0.00000161. The van der Waals surface area contributed by atoms with Gasteiger partial charge in [0.25, 0.3) is 0 Å². The van der Waals surface area contributed by atoms with Gasteiger partial charge in [0.2, 0.25) is 5.89 Å². The van der Waals surface area contributed by atoms with Crippen molar-refractivity contribution in [1.29, 1.82) is 0 Å². The number of halogens is 2. The Morgan fingerprint density at radius 3 is 3.00 bits per heavy atom. The Kier molecular flexibility index (Phi) is 5.79. The molecule has 0 saturated carbocycles. The van der Waals surface area contributed by atoms with E-state index >= 15 is 0 Å². The van der Waals surface area contributed by atoms with Crippen LogP contribution in [0.25, 0.3) is 0 Å². The first-order chi connectivity index (χ1) is 9.65. The standard InChI is InChI=1S/C13H17BrN4OS.ClH/c1-8(10-3-4-11(14)20-10)13-16-12(17-19-13)9-7-15-5-6-18(9)2;/h3-4,8-9,15H,5-7H2,1-2H3;1H. The molecule has 0 radical (unpaired) electrons. The maximum Gasteiger partial charge on any atom is 0.234 e. The summed E-state index contributed by atoms with van der Waals surface area (Å²) in [7, 11) is 2.10. The van der Waals surface area contributed by atoms with Gasteiger partial charge in [0.1, 0.15) is 0 Å². The van der Waals surface area contributed by atoms with Crippen molar-refractivity contribution in [2.75, 3.05) is 26.7 Å². The molecule has 2 unspecified atom stereocenters. The smallest absolute Gasteiger partial charge is 0.234 e. The van der Waals surface area contributed by atoms with Gasteiger partial charge < -0.3 is 9.84 Å². The number of nitrogens with zero attached hydrogens (tertiary/aromatic N) is 3. The van der Waals surface area contributed by atoms with Gasteiger partial charge in [0.05, 0.1) is 15.7 Å². The van der Waals surface area contributed by atoms with Crippen molar-refractivity contribution in [2.45, 2.75) is 18.9 Å². The van der Waals surface area contributed by atoms with Crippen LogP contribution in [0.3, 0.4) is 0 Å². The average Bonchev–Trinajstić information content (AvgIpc) is 3.07. The summed E-state index contributed by atoms with van der Waals surface area (Å²) in [5.74, 6) is 1.60. The summed E-state index contributed by atoms with van der Waals surface area (Å²) in [6, 6.07) is 4.34. The topological polar surface area (TPSA) is 54.2 Å². The molecule has 8 heteroatoms. The van der Waals surface area contributed by atoms with E-state index < -0.39 is 0 Å². The summed E-state index contributed by atoms with van der Waals surface area (Å²) in [6.45, 7) is 4.98. The molecule has 2 aromatic heterocycles. The van der Waals surface area contributed by atoms with Crippen LogP contribution in [-0.2, 0) is 0 Å². The lowest BCUT2D eigenvalue weighted by Gasteiger charge is -2.30. The number of piperazine rings is 1. The molecule has 116 valence electrons. The highest BCUT2D eigenvalue weighted by molar-refractivity contribution is 9.11. The zero-order valence-corrected chi connectivity index (χ0v) is 15.1. The number of thiophene rings is 1. The van der Waals surface area contributed by atoms with Crippen molar-refractivity contribution in [1.82, 2.24) is 20.4 Å². The van der Waals surface area contributed by atoms with Crippen LogP contribution in [0.1, 0.15) is 35.5 Å². The van der Waals surface area contributed by atoms with E-state index in [9.17, 15) is 0 Å². The number of likely N-dealkylation sites (N-methyl/N-ethyl adjacent to an activating group) is 1. The third-order valence-corrected chi connectivity index (χ3v) is 5.46. The van der Waals surface area contributed by atoms with Crippen molar-refractivity contribution in [3.63, 3.8) is 0 Å². The SMILES string of the molecule is CC(c1nc(C2CNCCN2C)no1)c1ccc(Br)s1.Cl. The van der Waals surface area contributed by atoms with Crippen LogP contribution >= 0.6 is 39.7 Å². The number of hydrogen-bond acceptors (Lipinski definition) is 6. The van der Waals surface area contributed by atoms with E-state index in [1.54, 1.807) is 11.3 Å². The van der Waals surface area contributed by atoms with E-state index in [2.05, 4.69) is 56.3 Å². The van der Waals surface area contributed by atoms with Crippen molar-refractivity contribution in [3.05, 3.63) is 32.5 Å². The molecule has 1 aliphatic heterocycles. The number of nitrogens with one attached hydrogen (secondary N) is 1. The van der Waals surface area contributed by atoms with Crippen LogP contribution < -0.4 is 5.32 Å². The minimum atomic E-state index is 0. The highest BCUT2D eigenvalue weighted by atomic mass is 79.9. The van der Waals surface area contributed by atoms with Crippen LogP contribution in [0.15, 0.2) is 20.4 Å². The lowest BCUT2D eigenvalue weighted by atomic mass is 10.1. The molecule has 0 aromatic carbocycles. The Labute approximate surface area is 142 Å². The third kappa shape index (κ3) is 3.65. The Morgan fingerprint density at radius 2 is 2.33 bits per heavy atom. The highest BCUT2D eigenvalue weighted by Gasteiger charge is 2.27. The number of hydrogen-bond donors (Lipinski definition) is 1. The lowest BCUT2D eigenvalue weighted by molar-refractivity contribution is 0.190. The number of aromatic nitrogens is 2. The zero-order chi connectivity index (χ0) is 14.1. The van der Waals surface area contributed by atoms with Crippen molar-refractivity contribution < 1.29 is 4.52 Å². The molecular weight excluding hydrogens is 376 g/mol. The van der Waals surface area contributed by atoms with Gasteiger partial charge in [0, 0.05) is 24.5 Å². The molecule has 1 fully saturated rings. The van der Waals surface area contributed by atoms with Crippen LogP contribution in [0.4, 0.5) is 0 Å². The largest absolute Gasteiger partial charge is 0.339 e. The molecule has 3 rings (SSSR count). The van der Waals surface area contributed by atoms with Gasteiger partial charge in [-0.05, 0) is 42.0 Å². The molecule has 5 nitrogen and oxygen atoms in total. The quantitative estimate of drug-likeness (QED) is 0.868. The molecule has 0 spiro atoms. The summed E-state index contributed by atoms with van der Waals surface area (Å²) in [5.41, 5.74) is 0. The minimum Gasteiger partial charge on any atom is -0.339 e. The van der Waals surface area contributed by atoms with Crippen LogP contribution in [0.5, 0.6) is 0 Å². The molecule has 2 atom stereocenters. The summed E-state index contributed by atoms with van der Waals surface area (Å²) < 4.78 is 6.59. The molecule has 21 heavy (non-hydrogen) atoms. The molecule has 0 amide bonds. The molecule has 1 aliphatic rings. The highest BCUT2D eigenvalue weighted by Crippen LogP contribution is 2.32. The fourth-order valence-electron chi connectivity index (χ4n) is 2.34. The van der Waals surface area contributed by atoms with E-state index in [4.69, 9.17) is 4.52 Å². The first kappa shape index (κ1) is 16.9. The van der Waals surface area contributed by atoms with Gasteiger partial charge in [-0.25, -0.2) is 0 Å². The molecule has 0 aliphatic carbocycles. The first-order valence-corrected chi connectivity index (χ1v) is 8.26. The lowest BCUT2D eigenvalue weighted by Crippen LogP contribution is -2.44. The van der Waals surface area contributed by atoms with Gasteiger partial charge in [-0.3, -0.25) is 4.90 Å². The van der Waals surface area contributed by atoms with Gasteiger partial charge in [-0.1, -0.05) is 5.16 Å². The van der Waals surface area contributed by atoms with Crippen LogP contribution in [-0.4, -0.2) is 41.7 Å². The maximum atomic E-state index is 5.47. The van der Waals surface area contributed by atoms with Crippen LogP contribution in [0, 0.1) is 0 Å². The normalized spacial score (nSPS) is 21.0. The second kappa shape index (κ2) is 7.19. The zero-order valence-electron chi connectivity index (χ0n) is 11.9. The summed E-state index contributed by atoms with van der Waals surface area (Å²) >= 11 is 5.19. The van der Waals surface area contributed by atoms with E-state index in [0.29, 0.717) is 5.89 Å². The maximum absolute atomic E-state index is 5.47. The van der Waals surface area contributed by atoms with E-state index in [0.717, 1.165) is 29.2 Å². The monoisotopic (exact) mass is 392 g/mol. The Bertz CT molecular complexity index is 590. The second-order valence-electron chi connectivity index (χ2n) is 5.05. The van der Waals surface area contributed by atoms with E-state index in [1.165, 1.54) is 4.88 Å². The van der Waals surface area contributed by atoms with Crippen molar-refractivity contribution >= 4 is 39.7 Å². The predicted octanol–water partition coefficient (Wildman–Crippen LogP) is 3.04.